The molecule has 0 rings (SSSR count). The van der Waals surface area contributed by atoms with Crippen LogP contribution in [-0.4, -0.2) is 141 Å². The molecule has 0 aromatic rings. The van der Waals surface area contributed by atoms with Crippen molar-refractivity contribution in [3.8, 4) is 0 Å². The van der Waals surface area contributed by atoms with Gasteiger partial charge in [-0.1, -0.05) is 233 Å². The van der Waals surface area contributed by atoms with E-state index in [1.54, 1.807) is 27.0 Å². The molecule has 474 valence electrons. The van der Waals surface area contributed by atoms with Gasteiger partial charge < -0.3 is 115 Å². The van der Waals surface area contributed by atoms with Crippen molar-refractivity contribution in [1.29, 1.82) is 0 Å². The second-order valence-corrected chi connectivity index (χ2v) is 27.5. The third-order valence-electron chi connectivity index (χ3n) is 11.1. The number of hydrogen-bond acceptors (Lipinski definition) is 12. The average Bonchev–Trinajstić information content (AvgIpc) is 3.44. The molecule has 78 heavy (non-hydrogen) atoms. The minimum atomic E-state index is -0.759. The van der Waals surface area contributed by atoms with Gasteiger partial charge in [-0.2, -0.15) is 34.5 Å². The largest absolute Gasteiger partial charge is 2.00 e. The minimum Gasteiger partial charge on any atom is -2.00 e. The molecule has 0 fully saturated rings. The summed E-state index contributed by atoms with van der Waals surface area (Å²) in [5.41, 5.74) is 0. The molecular weight excluding hydrogens is 1340 g/mol. The number of hydrogen-bond donors (Lipinski definition) is 6. The van der Waals surface area contributed by atoms with Crippen LogP contribution in [0.2, 0.25) is 13.3 Å². The van der Waals surface area contributed by atoms with Gasteiger partial charge in [-0.3, -0.25) is 9.59 Å². The minimum absolute atomic E-state index is 0. The number of aliphatic hydroxyl groups is 3. The maximum atomic E-state index is 10.1. The SMILES string of the molecule is CCCCCCCCCCCC[S-].CCCCCCCCCCCC[S-].CCCCCCCCCCCC[S-].CCC[CH2][Sn+2][CH2]CS.CCC[CH2][Sn+3].O=C(O)CCCCCCCC(=O)O.OCC[S-].OCC[S-].OCC[S-].[S-2]. The topological polar surface area (TPSA) is 135 Å². The van der Waals surface area contributed by atoms with Crippen LogP contribution in [-0.2, 0) is 98.9 Å². The van der Waals surface area contributed by atoms with Crippen LogP contribution in [0.15, 0.2) is 0 Å². The van der Waals surface area contributed by atoms with Crippen molar-refractivity contribution < 1.29 is 35.1 Å². The smallest absolute Gasteiger partial charge is 0.303 e. The molecule has 0 spiro atoms. The quantitative estimate of drug-likeness (QED) is 0.0150. The summed E-state index contributed by atoms with van der Waals surface area (Å²) in [5, 5.41) is 39.9. The van der Waals surface area contributed by atoms with Gasteiger partial charge in [0.1, 0.15) is 0 Å². The first-order valence-electron chi connectivity index (χ1n) is 31.2. The summed E-state index contributed by atoms with van der Waals surface area (Å²) in [4.78, 5) is 20.2. The summed E-state index contributed by atoms with van der Waals surface area (Å²) < 4.78 is 4.47. The number of rotatable bonds is 48. The van der Waals surface area contributed by atoms with Gasteiger partial charge in [0, 0.05) is 32.7 Å². The second kappa shape index (κ2) is 122. The Morgan fingerprint density at radius 3 is 0.705 bits per heavy atom. The zero-order valence-electron chi connectivity index (χ0n) is 51.5. The van der Waals surface area contributed by atoms with Crippen LogP contribution in [0.1, 0.15) is 298 Å². The predicted molar refractivity (Wildman–Crippen MR) is 375 cm³/mol. The van der Waals surface area contributed by atoms with E-state index in [2.05, 4.69) is 85.1 Å². The van der Waals surface area contributed by atoms with Gasteiger partial charge in [-0.05, 0) is 12.8 Å². The molecule has 7 nitrogen and oxygen atoms in total. The first kappa shape index (κ1) is 103. The van der Waals surface area contributed by atoms with Crippen LogP contribution in [0.5, 0.6) is 0 Å². The molecule has 5 N–H and O–H groups in total. The predicted octanol–water partition coefficient (Wildman–Crippen LogP) is 17.5. The zero-order chi connectivity index (χ0) is 60.0. The maximum absolute atomic E-state index is 10.1. The standard InChI is InChI=1S/3C12H26S.C9H16O4.2C4H9.3C2H6OS.C2H5S.S.2Sn/c3*1-2-3-4-5-6-7-8-9-10-11-12-13;10-8(11)6-4-2-1-3-5-7-9(12)13;2*1-3-4-2;3*3-1-2-4;1-2-3;;;/h3*13H,2-12H2,1H3;1-7H2,(H,10,11)(H,12,13);2*1,3-4H2,2H3;3*3-4H,1-2H2;3H,1-2H2;;;/q;;;;;;;;;;-2;+2;+3/p-6. The summed E-state index contributed by atoms with van der Waals surface area (Å²) in [7, 11) is 0. The molecule has 0 saturated carbocycles. The van der Waals surface area contributed by atoms with Crippen molar-refractivity contribution in [2.24, 2.45) is 0 Å². The number of unbranched alkanes of at least 4 members (excludes halogenated alkanes) is 33. The molecule has 0 radical (unpaired) electrons. The monoisotopic (exact) mass is 1470 g/mol. The third-order valence-corrected chi connectivity index (χ3v) is 18.7. The van der Waals surface area contributed by atoms with Crippen molar-refractivity contribution in [2.45, 2.75) is 311 Å². The van der Waals surface area contributed by atoms with E-state index in [9.17, 15) is 9.59 Å². The van der Waals surface area contributed by atoms with E-state index in [0.29, 0.717) is 30.1 Å². The van der Waals surface area contributed by atoms with Gasteiger partial charge in [0.15, 0.2) is 0 Å². The molecule has 0 aromatic carbocycles. The molecule has 0 aliphatic carbocycles. The Morgan fingerprint density at radius 1 is 0.346 bits per heavy atom. The van der Waals surface area contributed by atoms with E-state index in [1.807, 2.05) is 0 Å². The van der Waals surface area contributed by atoms with Crippen LogP contribution < -0.4 is 0 Å². The van der Waals surface area contributed by atoms with Crippen LogP contribution in [0, 0.1) is 0 Å². The summed E-state index contributed by atoms with van der Waals surface area (Å²) in [5.74, 6) is 3.86. The molecule has 0 aromatic heterocycles. The Kier molecular flexibility index (Phi) is 161. The van der Waals surface area contributed by atoms with Crippen molar-refractivity contribution in [1.82, 2.24) is 0 Å². The molecule has 0 bridgehead atoms. The zero-order valence-corrected chi connectivity index (χ0v) is 63.9. The molecule has 0 heterocycles. The van der Waals surface area contributed by atoms with Gasteiger partial charge in [0.2, 0.25) is 0 Å². The number of aliphatic carboxylic acids is 2. The number of thiol groups is 1. The van der Waals surface area contributed by atoms with Crippen molar-refractivity contribution >= 4 is 158 Å². The Hall–Kier alpha value is 3.22. The molecular formula is C61H129O7S8Sn2-3. The van der Waals surface area contributed by atoms with E-state index in [-0.39, 0.29) is 67.3 Å². The van der Waals surface area contributed by atoms with Crippen LogP contribution >= 0.6 is 12.6 Å². The van der Waals surface area contributed by atoms with E-state index in [1.165, 1.54) is 227 Å². The van der Waals surface area contributed by atoms with Crippen molar-refractivity contribution in [3.05, 3.63) is 0 Å². The Balaban J connectivity index is -0.0000000863. The Bertz CT molecular complexity index is 764. The van der Waals surface area contributed by atoms with Gasteiger partial charge in [0.05, 0.1) is 0 Å². The maximum Gasteiger partial charge on any atom is 0.303 e. The van der Waals surface area contributed by atoms with Gasteiger partial charge in [-0.15, -0.1) is 0 Å². The summed E-state index contributed by atoms with van der Waals surface area (Å²) in [6.07, 6.45) is 52.3. The molecule has 0 saturated heterocycles. The summed E-state index contributed by atoms with van der Waals surface area (Å²) in [6, 6.07) is 0. The number of carbonyl (C=O) groups is 2. The van der Waals surface area contributed by atoms with E-state index < -0.39 is 11.9 Å². The van der Waals surface area contributed by atoms with Crippen LogP contribution in [0.3, 0.4) is 0 Å². The van der Waals surface area contributed by atoms with Crippen molar-refractivity contribution in [3.63, 3.8) is 0 Å². The molecule has 0 atom stereocenters. The number of carboxylic acids is 2. The second-order valence-electron chi connectivity index (χ2n) is 18.9. The summed E-state index contributed by atoms with van der Waals surface area (Å²) in [6.45, 7) is 11.7. The Morgan fingerprint density at radius 2 is 0.551 bits per heavy atom. The number of aliphatic hydroxyl groups excluding tert-OH is 3. The van der Waals surface area contributed by atoms with Gasteiger partial charge >= 0.3 is 127 Å². The summed E-state index contributed by atoms with van der Waals surface area (Å²) >= 11 is 33.6. The molecule has 0 aliphatic rings. The first-order valence-corrected chi connectivity index (χ1v) is 41.3. The van der Waals surface area contributed by atoms with E-state index in [0.717, 1.165) is 42.3 Å². The van der Waals surface area contributed by atoms with Crippen molar-refractivity contribution in [2.75, 3.05) is 60.1 Å². The van der Waals surface area contributed by atoms with Gasteiger partial charge in [0.25, 0.3) is 0 Å². The Labute approximate surface area is 558 Å². The van der Waals surface area contributed by atoms with E-state index in [4.69, 9.17) is 63.4 Å². The molecule has 17 heteroatoms. The van der Waals surface area contributed by atoms with Crippen LogP contribution in [0.4, 0.5) is 0 Å². The van der Waals surface area contributed by atoms with E-state index >= 15 is 0 Å². The fourth-order valence-corrected chi connectivity index (χ4v) is 12.1. The fraction of sp³-hybridized carbons (Fsp3) is 0.967. The molecule has 0 aliphatic heterocycles. The number of carboxylic acid groups (broad SMARTS) is 2. The van der Waals surface area contributed by atoms with Gasteiger partial charge in [-0.25, -0.2) is 0 Å². The van der Waals surface area contributed by atoms with Crippen LogP contribution in [0.25, 0.3) is 0 Å². The molecule has 0 amide bonds. The normalized spacial score (nSPS) is 9.55. The third kappa shape index (κ3) is 171. The molecule has 0 unspecified atom stereocenters. The fourth-order valence-electron chi connectivity index (χ4n) is 6.53. The average molecular weight is 1470 g/mol. The first-order chi connectivity index (χ1) is 37.4.